The fraction of sp³-hybridized carbons (Fsp3) is 0.689. The van der Waals surface area contributed by atoms with Crippen LogP contribution in [-0.4, -0.2) is 114 Å². The number of amides is 2. The summed E-state index contributed by atoms with van der Waals surface area (Å²) >= 11 is 0. The Morgan fingerprint density at radius 1 is 0.678 bits per heavy atom. The van der Waals surface area contributed by atoms with Gasteiger partial charge in [-0.15, -0.1) is 0 Å². The second kappa shape index (κ2) is 23.4. The Bertz CT molecular complexity index is 1550. The molecule has 3 N–H and O–H groups in total. The highest BCUT2D eigenvalue weighted by Crippen LogP contribution is 2.32. The molecule has 0 aromatic carbocycles. The Kier molecular flexibility index (Phi) is 18.7. The molecular formula is C45H71N7O7. The molecule has 2 aliphatic carbocycles. The third-order valence-electron chi connectivity index (χ3n) is 11.3. The third kappa shape index (κ3) is 17.7. The standard InChI is InChI=1S/C22H34N4O3.C14H24O4.C9H13N3/c1-22(2,3)29-21(28)24-16-17-4-6-18(7-5-17)20(27)26-14-12-25(13-15-26)19-8-10-23-11-9-19;1-14(2,3)18-12(15)9-6-10-4-7-11(8-5-10)13(16)17;1-3-10-4-2-9(1)12-7-5-11-6-8-12/h8-11,17-18H,4-7,12-16H2,1-3H3,(H,24,28);10-11H,4-9H2,1-3H3,(H,16,17);1-4,11H,5-8H2. The Balaban J connectivity index is 0.000000217. The lowest BCUT2D eigenvalue weighted by Crippen LogP contribution is -2.50. The quantitative estimate of drug-likeness (QED) is 0.234. The van der Waals surface area contributed by atoms with Crippen LogP contribution < -0.4 is 20.4 Å². The molecule has 2 amide bonds. The van der Waals surface area contributed by atoms with Crippen molar-refractivity contribution in [3.05, 3.63) is 49.1 Å². The van der Waals surface area contributed by atoms with E-state index in [1.54, 1.807) is 0 Å². The zero-order valence-corrected chi connectivity index (χ0v) is 36.5. The number of alkyl carbamates (subject to hydrolysis) is 1. The van der Waals surface area contributed by atoms with Crippen molar-refractivity contribution >= 4 is 35.3 Å². The number of pyridine rings is 2. The van der Waals surface area contributed by atoms with Gasteiger partial charge in [-0.25, -0.2) is 4.79 Å². The number of carboxylic acids is 1. The number of anilines is 2. The molecule has 6 rings (SSSR count). The SMILES string of the molecule is CC(C)(C)OC(=O)CCC1CCC(C(=O)O)CC1.CC(C)(C)OC(=O)NCC1CCC(C(=O)N2CCN(c3ccncc3)CC2)CC1.c1cc(N2CCNCC2)ccn1. The molecule has 2 saturated carbocycles. The summed E-state index contributed by atoms with van der Waals surface area (Å²) in [5, 5.41) is 15.1. The van der Waals surface area contributed by atoms with Gasteiger partial charge in [0.2, 0.25) is 5.91 Å². The van der Waals surface area contributed by atoms with Crippen molar-refractivity contribution in [1.29, 1.82) is 0 Å². The third-order valence-corrected chi connectivity index (χ3v) is 11.3. The molecule has 14 heteroatoms. The largest absolute Gasteiger partial charge is 0.481 e. The number of carbonyl (C=O) groups is 4. The van der Waals surface area contributed by atoms with Gasteiger partial charge in [-0.05, 0) is 135 Å². The summed E-state index contributed by atoms with van der Waals surface area (Å²) in [7, 11) is 0. The second-order valence-corrected chi connectivity index (χ2v) is 18.2. The molecule has 2 aromatic rings. The molecule has 0 atom stereocenters. The van der Waals surface area contributed by atoms with E-state index in [-0.39, 0.29) is 23.9 Å². The lowest BCUT2D eigenvalue weighted by atomic mass is 9.80. The predicted molar refractivity (Wildman–Crippen MR) is 230 cm³/mol. The first-order chi connectivity index (χ1) is 28.1. The van der Waals surface area contributed by atoms with Gasteiger partial charge in [0.05, 0.1) is 5.92 Å². The van der Waals surface area contributed by atoms with E-state index < -0.39 is 17.2 Å². The van der Waals surface area contributed by atoms with Crippen LogP contribution in [0.3, 0.4) is 0 Å². The van der Waals surface area contributed by atoms with Crippen molar-refractivity contribution in [1.82, 2.24) is 25.5 Å². The summed E-state index contributed by atoms with van der Waals surface area (Å²) in [6.07, 6.45) is 15.3. The maximum atomic E-state index is 12.9. The van der Waals surface area contributed by atoms with Crippen molar-refractivity contribution in [2.75, 3.05) is 68.7 Å². The van der Waals surface area contributed by atoms with E-state index >= 15 is 0 Å². The van der Waals surface area contributed by atoms with Gasteiger partial charge < -0.3 is 39.9 Å². The van der Waals surface area contributed by atoms with Crippen LogP contribution in [-0.2, 0) is 23.9 Å². The summed E-state index contributed by atoms with van der Waals surface area (Å²) in [4.78, 5) is 61.9. The number of nitrogens with zero attached hydrogens (tertiary/aromatic N) is 5. The Morgan fingerprint density at radius 3 is 1.64 bits per heavy atom. The average Bonchev–Trinajstić information content (AvgIpc) is 3.22. The Labute approximate surface area is 352 Å². The highest BCUT2D eigenvalue weighted by molar-refractivity contribution is 5.79. The summed E-state index contributed by atoms with van der Waals surface area (Å²) in [6.45, 7) is 19.5. The van der Waals surface area contributed by atoms with Crippen LogP contribution in [0.5, 0.6) is 0 Å². The summed E-state index contributed by atoms with van der Waals surface area (Å²) in [5.74, 6) is 0.327. The molecule has 14 nitrogen and oxygen atoms in total. The van der Waals surface area contributed by atoms with Crippen molar-refractivity contribution in [2.45, 2.75) is 117 Å². The predicted octanol–water partition coefficient (Wildman–Crippen LogP) is 6.55. The van der Waals surface area contributed by atoms with Gasteiger partial charge in [-0.1, -0.05) is 0 Å². The topological polar surface area (TPSA) is 167 Å². The Hall–Kier alpha value is -4.46. The van der Waals surface area contributed by atoms with Gasteiger partial charge in [-0.3, -0.25) is 24.4 Å². The van der Waals surface area contributed by atoms with E-state index in [0.29, 0.717) is 30.7 Å². The lowest BCUT2D eigenvalue weighted by Gasteiger charge is -2.38. The first-order valence-electron chi connectivity index (χ1n) is 21.8. The molecule has 0 spiro atoms. The van der Waals surface area contributed by atoms with Crippen LogP contribution in [0.2, 0.25) is 0 Å². The van der Waals surface area contributed by atoms with E-state index in [1.165, 1.54) is 11.4 Å². The molecule has 2 aliphatic heterocycles. The number of aromatic nitrogens is 2. The fourth-order valence-corrected chi connectivity index (χ4v) is 8.04. The number of hydrogen-bond donors (Lipinski definition) is 3. The number of esters is 1. The minimum atomic E-state index is -0.680. The van der Waals surface area contributed by atoms with Crippen LogP contribution in [0, 0.1) is 23.7 Å². The van der Waals surface area contributed by atoms with Crippen LogP contribution in [0.25, 0.3) is 0 Å². The molecule has 2 saturated heterocycles. The maximum Gasteiger partial charge on any atom is 0.407 e. The van der Waals surface area contributed by atoms with Crippen molar-refractivity contribution < 1.29 is 33.8 Å². The van der Waals surface area contributed by atoms with E-state index in [4.69, 9.17) is 14.6 Å². The van der Waals surface area contributed by atoms with Crippen LogP contribution in [0.1, 0.15) is 106 Å². The number of ether oxygens (including phenoxy) is 2. The number of aliphatic carboxylic acids is 1. The lowest BCUT2D eigenvalue weighted by molar-refractivity contribution is -0.155. The van der Waals surface area contributed by atoms with E-state index in [2.05, 4.69) is 42.5 Å². The zero-order chi connectivity index (χ0) is 42.8. The second-order valence-electron chi connectivity index (χ2n) is 18.2. The monoisotopic (exact) mass is 822 g/mol. The molecular weight excluding hydrogens is 751 g/mol. The normalized spacial score (nSPS) is 22.4. The number of hydrogen-bond acceptors (Lipinski definition) is 11. The molecule has 328 valence electrons. The first kappa shape index (κ1) is 47.2. The summed E-state index contributed by atoms with van der Waals surface area (Å²) in [6, 6.07) is 8.16. The summed E-state index contributed by atoms with van der Waals surface area (Å²) < 4.78 is 10.5. The molecule has 4 aliphatic rings. The van der Waals surface area contributed by atoms with Gasteiger partial charge in [0.1, 0.15) is 11.2 Å². The van der Waals surface area contributed by atoms with Gasteiger partial charge in [0.25, 0.3) is 0 Å². The average molecular weight is 822 g/mol. The Morgan fingerprint density at radius 2 is 1.15 bits per heavy atom. The molecule has 59 heavy (non-hydrogen) atoms. The van der Waals surface area contributed by atoms with E-state index in [9.17, 15) is 19.2 Å². The summed E-state index contributed by atoms with van der Waals surface area (Å²) in [5.41, 5.74) is 1.56. The van der Waals surface area contributed by atoms with E-state index in [0.717, 1.165) is 110 Å². The van der Waals surface area contributed by atoms with Gasteiger partial charge in [0, 0.05) is 107 Å². The zero-order valence-electron chi connectivity index (χ0n) is 36.5. The molecule has 4 heterocycles. The van der Waals surface area contributed by atoms with Crippen molar-refractivity contribution in [3.8, 4) is 0 Å². The molecule has 0 radical (unpaired) electrons. The first-order valence-corrected chi connectivity index (χ1v) is 21.8. The molecule has 2 aromatic heterocycles. The van der Waals surface area contributed by atoms with Gasteiger partial charge in [-0.2, -0.15) is 0 Å². The van der Waals surface area contributed by atoms with Crippen LogP contribution >= 0.6 is 0 Å². The number of carboxylic acid groups (broad SMARTS) is 1. The van der Waals surface area contributed by atoms with Crippen LogP contribution in [0.4, 0.5) is 16.2 Å². The van der Waals surface area contributed by atoms with Gasteiger partial charge >= 0.3 is 18.0 Å². The molecule has 0 bridgehead atoms. The van der Waals surface area contributed by atoms with Gasteiger partial charge in [0.15, 0.2) is 0 Å². The van der Waals surface area contributed by atoms with Crippen LogP contribution in [0.15, 0.2) is 49.1 Å². The highest BCUT2D eigenvalue weighted by Gasteiger charge is 2.32. The van der Waals surface area contributed by atoms with Crippen molar-refractivity contribution in [3.63, 3.8) is 0 Å². The smallest absolute Gasteiger partial charge is 0.407 e. The maximum absolute atomic E-state index is 12.9. The van der Waals surface area contributed by atoms with E-state index in [1.807, 2.05) is 83.4 Å². The minimum absolute atomic E-state index is 0.125. The minimum Gasteiger partial charge on any atom is -0.481 e. The molecule has 0 unspecified atom stereocenters. The highest BCUT2D eigenvalue weighted by atomic mass is 16.6. The number of carbonyl (C=O) groups excluding carboxylic acids is 3. The number of rotatable bonds is 9. The number of nitrogens with one attached hydrogen (secondary N) is 2. The molecule has 4 fully saturated rings. The van der Waals surface area contributed by atoms with Crippen molar-refractivity contribution in [2.24, 2.45) is 23.7 Å². The number of piperazine rings is 2. The fourth-order valence-electron chi connectivity index (χ4n) is 8.04.